The molecule has 94 valence electrons. The maximum atomic E-state index is 12.8. The fourth-order valence-corrected chi connectivity index (χ4v) is 2.28. The Labute approximate surface area is 101 Å². The molecular formula is C13H19FN2O. The van der Waals surface area contributed by atoms with Gasteiger partial charge in [-0.05, 0) is 43.5 Å². The van der Waals surface area contributed by atoms with E-state index in [9.17, 15) is 9.50 Å². The van der Waals surface area contributed by atoms with Crippen molar-refractivity contribution >= 4 is 5.69 Å². The van der Waals surface area contributed by atoms with E-state index in [2.05, 4.69) is 4.90 Å². The highest BCUT2D eigenvalue weighted by Gasteiger charge is 2.27. The van der Waals surface area contributed by atoms with Gasteiger partial charge in [0.2, 0.25) is 0 Å². The van der Waals surface area contributed by atoms with E-state index in [1.807, 2.05) is 0 Å². The second-order valence-corrected chi connectivity index (χ2v) is 4.84. The van der Waals surface area contributed by atoms with Gasteiger partial charge in [0.1, 0.15) is 5.82 Å². The molecule has 0 saturated carbocycles. The van der Waals surface area contributed by atoms with Crippen LogP contribution in [0.5, 0.6) is 0 Å². The van der Waals surface area contributed by atoms with Crippen molar-refractivity contribution in [3.05, 3.63) is 30.1 Å². The average molecular weight is 238 g/mol. The first-order valence-corrected chi connectivity index (χ1v) is 6.03. The van der Waals surface area contributed by atoms with Crippen molar-refractivity contribution in [1.29, 1.82) is 0 Å². The number of rotatable bonds is 2. The molecule has 2 rings (SSSR count). The third-order valence-corrected chi connectivity index (χ3v) is 3.49. The second kappa shape index (κ2) is 5.02. The van der Waals surface area contributed by atoms with Crippen LogP contribution < -0.4 is 10.6 Å². The zero-order valence-electron chi connectivity index (χ0n) is 9.90. The van der Waals surface area contributed by atoms with Crippen molar-refractivity contribution in [2.24, 2.45) is 5.73 Å². The van der Waals surface area contributed by atoms with Crippen LogP contribution in [0.2, 0.25) is 0 Å². The van der Waals surface area contributed by atoms with Crippen LogP contribution >= 0.6 is 0 Å². The highest BCUT2D eigenvalue weighted by molar-refractivity contribution is 5.46. The Morgan fingerprint density at radius 2 is 1.94 bits per heavy atom. The van der Waals surface area contributed by atoms with Crippen LogP contribution in [-0.4, -0.2) is 30.3 Å². The molecule has 1 fully saturated rings. The van der Waals surface area contributed by atoms with Crippen molar-refractivity contribution in [3.63, 3.8) is 0 Å². The number of aliphatic hydroxyl groups is 1. The zero-order valence-corrected chi connectivity index (χ0v) is 9.90. The van der Waals surface area contributed by atoms with E-state index >= 15 is 0 Å². The van der Waals surface area contributed by atoms with Gasteiger partial charge >= 0.3 is 0 Å². The molecule has 1 unspecified atom stereocenters. The topological polar surface area (TPSA) is 49.5 Å². The van der Waals surface area contributed by atoms with Gasteiger partial charge < -0.3 is 15.7 Å². The number of hydrogen-bond donors (Lipinski definition) is 2. The highest BCUT2D eigenvalue weighted by Crippen LogP contribution is 2.23. The fourth-order valence-electron chi connectivity index (χ4n) is 2.28. The summed E-state index contributed by atoms with van der Waals surface area (Å²) in [5.74, 6) is -0.216. The Morgan fingerprint density at radius 1 is 1.24 bits per heavy atom. The van der Waals surface area contributed by atoms with Crippen LogP contribution in [0, 0.1) is 5.82 Å². The molecule has 0 bridgehead atoms. The number of hydrogen-bond acceptors (Lipinski definition) is 3. The van der Waals surface area contributed by atoms with Crippen LogP contribution in [-0.2, 0) is 0 Å². The van der Waals surface area contributed by atoms with Crippen molar-refractivity contribution in [3.8, 4) is 0 Å². The van der Waals surface area contributed by atoms with Crippen LogP contribution in [0.1, 0.15) is 19.3 Å². The Bertz CT molecular complexity index is 368. The van der Waals surface area contributed by atoms with E-state index in [0.717, 1.165) is 38.0 Å². The monoisotopic (exact) mass is 238 g/mol. The van der Waals surface area contributed by atoms with Gasteiger partial charge in [0.05, 0.1) is 6.61 Å². The largest absolute Gasteiger partial charge is 0.394 e. The maximum absolute atomic E-state index is 12.8. The Morgan fingerprint density at radius 3 is 2.59 bits per heavy atom. The van der Waals surface area contributed by atoms with E-state index in [-0.39, 0.29) is 12.4 Å². The standard InChI is InChI=1S/C13H19FN2O/c14-11-2-4-12(5-3-11)16-8-1-6-13(15,10-17)7-9-16/h2-5,17H,1,6-10,15H2. The highest BCUT2D eigenvalue weighted by atomic mass is 19.1. The number of anilines is 1. The van der Waals surface area contributed by atoms with Crippen molar-refractivity contribution in [2.75, 3.05) is 24.6 Å². The predicted octanol–water partition coefficient (Wildman–Crippen LogP) is 1.51. The van der Waals surface area contributed by atoms with Crippen LogP contribution in [0.15, 0.2) is 24.3 Å². The summed E-state index contributed by atoms with van der Waals surface area (Å²) in [6, 6.07) is 6.53. The number of nitrogens with two attached hydrogens (primary N) is 1. The smallest absolute Gasteiger partial charge is 0.123 e. The van der Waals surface area contributed by atoms with Crippen molar-refractivity contribution in [2.45, 2.75) is 24.8 Å². The first-order valence-electron chi connectivity index (χ1n) is 6.03. The molecule has 1 aliphatic rings. The summed E-state index contributed by atoms with van der Waals surface area (Å²) < 4.78 is 12.8. The lowest BCUT2D eigenvalue weighted by atomic mass is 9.93. The SMILES string of the molecule is NC1(CO)CCCN(c2ccc(F)cc2)CC1. The van der Waals surface area contributed by atoms with Crippen molar-refractivity contribution < 1.29 is 9.50 Å². The van der Waals surface area contributed by atoms with Gasteiger partial charge in [0, 0.05) is 24.3 Å². The zero-order chi connectivity index (χ0) is 12.3. The van der Waals surface area contributed by atoms with Gasteiger partial charge in [-0.2, -0.15) is 0 Å². The van der Waals surface area contributed by atoms with Crippen LogP contribution in [0.3, 0.4) is 0 Å². The van der Waals surface area contributed by atoms with Crippen LogP contribution in [0.25, 0.3) is 0 Å². The molecule has 17 heavy (non-hydrogen) atoms. The predicted molar refractivity (Wildman–Crippen MR) is 66.5 cm³/mol. The lowest BCUT2D eigenvalue weighted by Gasteiger charge is -2.26. The summed E-state index contributed by atoms with van der Waals surface area (Å²) in [4.78, 5) is 2.20. The molecule has 1 heterocycles. The molecule has 3 N–H and O–H groups in total. The molecule has 0 amide bonds. The summed E-state index contributed by atoms with van der Waals surface area (Å²) in [6.07, 6.45) is 2.55. The van der Waals surface area contributed by atoms with Gasteiger partial charge in [-0.25, -0.2) is 4.39 Å². The van der Waals surface area contributed by atoms with E-state index in [4.69, 9.17) is 5.73 Å². The molecule has 0 radical (unpaired) electrons. The minimum Gasteiger partial charge on any atom is -0.394 e. The Balaban J connectivity index is 2.06. The van der Waals surface area contributed by atoms with E-state index in [0.29, 0.717) is 0 Å². The third kappa shape index (κ3) is 2.96. The molecule has 0 spiro atoms. The first kappa shape index (κ1) is 12.3. The number of nitrogens with zero attached hydrogens (tertiary/aromatic N) is 1. The lowest BCUT2D eigenvalue weighted by molar-refractivity contribution is 0.183. The third-order valence-electron chi connectivity index (χ3n) is 3.49. The maximum Gasteiger partial charge on any atom is 0.123 e. The van der Waals surface area contributed by atoms with Crippen molar-refractivity contribution in [1.82, 2.24) is 0 Å². The summed E-state index contributed by atoms with van der Waals surface area (Å²) >= 11 is 0. The summed E-state index contributed by atoms with van der Waals surface area (Å²) in [6.45, 7) is 1.75. The Kier molecular flexibility index (Phi) is 3.64. The van der Waals surface area contributed by atoms with Gasteiger partial charge in [0.25, 0.3) is 0 Å². The molecule has 1 aromatic carbocycles. The normalized spacial score (nSPS) is 25.7. The van der Waals surface area contributed by atoms with Crippen LogP contribution in [0.4, 0.5) is 10.1 Å². The molecule has 4 heteroatoms. The summed E-state index contributed by atoms with van der Waals surface area (Å²) in [7, 11) is 0. The molecule has 0 aromatic heterocycles. The molecular weight excluding hydrogens is 219 g/mol. The second-order valence-electron chi connectivity index (χ2n) is 4.84. The minimum atomic E-state index is -0.450. The average Bonchev–Trinajstić information content (AvgIpc) is 2.53. The van der Waals surface area contributed by atoms with Gasteiger partial charge in [-0.3, -0.25) is 0 Å². The molecule has 3 nitrogen and oxygen atoms in total. The van der Waals surface area contributed by atoms with E-state index in [1.54, 1.807) is 12.1 Å². The van der Waals surface area contributed by atoms with E-state index in [1.165, 1.54) is 12.1 Å². The number of halogens is 1. The van der Waals surface area contributed by atoms with Gasteiger partial charge in [-0.1, -0.05) is 0 Å². The molecule has 1 aromatic rings. The molecule has 1 saturated heterocycles. The summed E-state index contributed by atoms with van der Waals surface area (Å²) in [5, 5.41) is 9.28. The number of aliphatic hydroxyl groups excluding tert-OH is 1. The van der Waals surface area contributed by atoms with E-state index < -0.39 is 5.54 Å². The summed E-state index contributed by atoms with van der Waals surface area (Å²) in [5.41, 5.74) is 6.66. The molecule has 1 atom stereocenters. The fraction of sp³-hybridized carbons (Fsp3) is 0.538. The molecule has 0 aliphatic carbocycles. The Hall–Kier alpha value is -1.13. The molecule has 1 aliphatic heterocycles. The number of benzene rings is 1. The first-order chi connectivity index (χ1) is 8.13. The van der Waals surface area contributed by atoms with Gasteiger partial charge in [0.15, 0.2) is 0 Å². The van der Waals surface area contributed by atoms with Gasteiger partial charge in [-0.15, -0.1) is 0 Å². The minimum absolute atomic E-state index is 0.0320. The lowest BCUT2D eigenvalue weighted by Crippen LogP contribution is -2.44. The quantitative estimate of drug-likeness (QED) is 0.821.